The molecular weight excluding hydrogens is 222 g/mol. The summed E-state index contributed by atoms with van der Waals surface area (Å²) < 4.78 is 5.17. The molecule has 0 heterocycles. The van der Waals surface area contributed by atoms with Gasteiger partial charge in [0.05, 0.1) is 26.7 Å². The van der Waals surface area contributed by atoms with Crippen molar-refractivity contribution in [3.05, 3.63) is 29.8 Å². The molecule has 0 amide bonds. The van der Waals surface area contributed by atoms with E-state index < -0.39 is 12.0 Å². The Morgan fingerprint density at radius 1 is 1.41 bits per heavy atom. The highest BCUT2D eigenvalue weighted by Gasteiger charge is 2.18. The van der Waals surface area contributed by atoms with Crippen molar-refractivity contribution in [1.29, 1.82) is 0 Å². The van der Waals surface area contributed by atoms with Gasteiger partial charge in [0.15, 0.2) is 0 Å². The molecule has 1 atom stereocenters. The van der Waals surface area contributed by atoms with E-state index in [1.807, 2.05) is 12.1 Å². The lowest BCUT2D eigenvalue weighted by molar-refractivity contribution is -0.138. The molecule has 0 aliphatic carbocycles. The van der Waals surface area contributed by atoms with Crippen LogP contribution in [0, 0.1) is 0 Å². The third-order valence-electron chi connectivity index (χ3n) is 2.15. The second-order valence-corrected chi connectivity index (χ2v) is 3.21. The molecule has 0 saturated heterocycles. The minimum atomic E-state index is -0.902. The van der Waals surface area contributed by atoms with Gasteiger partial charge in [0.2, 0.25) is 0 Å². The Balaban J connectivity index is 0.00000256. The molecule has 0 aliphatic heterocycles. The van der Waals surface area contributed by atoms with Gasteiger partial charge < -0.3 is 14.7 Å². The van der Waals surface area contributed by atoms with Crippen molar-refractivity contribution in [2.45, 2.75) is 19.9 Å². The van der Waals surface area contributed by atoms with Gasteiger partial charge in [-0.05, 0) is 6.07 Å². The Morgan fingerprint density at radius 2 is 2.06 bits per heavy atom. The standard InChI is InChI=1S/C11H15NO4.CH4/c1-15-10-6-4-3-5-8(10)9(12-16-2)7-11(13)14;/h3-6,9,12H,7H2,1-2H3,(H,13,14);1H4. The van der Waals surface area contributed by atoms with Crippen LogP contribution in [0.15, 0.2) is 24.3 Å². The van der Waals surface area contributed by atoms with E-state index in [9.17, 15) is 4.79 Å². The number of hydroxylamine groups is 1. The number of hydrogen-bond acceptors (Lipinski definition) is 4. The smallest absolute Gasteiger partial charge is 0.305 e. The molecule has 0 fully saturated rings. The lowest BCUT2D eigenvalue weighted by atomic mass is 10.0. The molecule has 1 aromatic carbocycles. The number of ether oxygens (including phenoxy) is 1. The first-order chi connectivity index (χ1) is 7.69. The molecule has 5 nitrogen and oxygen atoms in total. The van der Waals surface area contributed by atoms with Gasteiger partial charge in [0, 0.05) is 5.56 Å². The summed E-state index contributed by atoms with van der Waals surface area (Å²) in [7, 11) is 2.99. The molecule has 0 bridgehead atoms. The van der Waals surface area contributed by atoms with Crippen LogP contribution in [-0.4, -0.2) is 25.3 Å². The molecule has 1 aromatic rings. The maximum absolute atomic E-state index is 10.7. The summed E-state index contributed by atoms with van der Waals surface area (Å²) in [5, 5.41) is 8.80. The van der Waals surface area contributed by atoms with E-state index in [0.29, 0.717) is 5.75 Å². The van der Waals surface area contributed by atoms with Crippen LogP contribution in [-0.2, 0) is 9.63 Å². The Labute approximate surface area is 101 Å². The van der Waals surface area contributed by atoms with Gasteiger partial charge in [-0.3, -0.25) is 4.79 Å². The van der Waals surface area contributed by atoms with Crippen LogP contribution in [0.3, 0.4) is 0 Å². The van der Waals surface area contributed by atoms with Crippen molar-refractivity contribution in [1.82, 2.24) is 5.48 Å². The molecule has 0 aromatic heterocycles. The Bertz CT molecular complexity index is 354. The second-order valence-electron chi connectivity index (χ2n) is 3.21. The predicted molar refractivity (Wildman–Crippen MR) is 64.9 cm³/mol. The summed E-state index contributed by atoms with van der Waals surface area (Å²) in [4.78, 5) is 15.5. The average Bonchev–Trinajstić information content (AvgIpc) is 2.28. The predicted octanol–water partition coefficient (Wildman–Crippen LogP) is 2.00. The molecule has 1 rings (SSSR count). The Morgan fingerprint density at radius 3 is 2.59 bits per heavy atom. The third-order valence-corrected chi connectivity index (χ3v) is 2.15. The molecule has 1 unspecified atom stereocenters. The number of benzene rings is 1. The first-order valence-corrected chi connectivity index (χ1v) is 4.82. The van der Waals surface area contributed by atoms with Gasteiger partial charge in [0.1, 0.15) is 5.75 Å². The first-order valence-electron chi connectivity index (χ1n) is 4.82. The number of aliphatic carboxylic acids is 1. The number of rotatable bonds is 6. The summed E-state index contributed by atoms with van der Waals surface area (Å²) in [5.74, 6) is -0.265. The van der Waals surface area contributed by atoms with Crippen molar-refractivity contribution in [3.8, 4) is 5.75 Å². The van der Waals surface area contributed by atoms with Crippen molar-refractivity contribution in [2.75, 3.05) is 14.2 Å². The van der Waals surface area contributed by atoms with Crippen molar-refractivity contribution >= 4 is 5.97 Å². The van der Waals surface area contributed by atoms with E-state index in [-0.39, 0.29) is 13.8 Å². The highest BCUT2D eigenvalue weighted by Crippen LogP contribution is 2.26. The quantitative estimate of drug-likeness (QED) is 0.745. The fourth-order valence-electron chi connectivity index (χ4n) is 1.49. The number of carboxylic acids is 1. The average molecular weight is 241 g/mol. The van der Waals surface area contributed by atoms with Crippen molar-refractivity contribution < 1.29 is 19.5 Å². The largest absolute Gasteiger partial charge is 0.496 e. The maximum Gasteiger partial charge on any atom is 0.305 e. The van der Waals surface area contributed by atoms with Gasteiger partial charge in [-0.15, -0.1) is 0 Å². The van der Waals surface area contributed by atoms with Crippen molar-refractivity contribution in [3.63, 3.8) is 0 Å². The zero-order chi connectivity index (χ0) is 12.0. The summed E-state index contributed by atoms with van der Waals surface area (Å²) in [6.07, 6.45) is -0.0752. The minimum absolute atomic E-state index is 0. The summed E-state index contributed by atoms with van der Waals surface area (Å²) in [6, 6.07) is 6.80. The van der Waals surface area contributed by atoms with Gasteiger partial charge in [-0.25, -0.2) is 0 Å². The highest BCUT2D eigenvalue weighted by molar-refractivity contribution is 5.68. The van der Waals surface area contributed by atoms with Crippen LogP contribution in [0.5, 0.6) is 5.75 Å². The van der Waals surface area contributed by atoms with Crippen LogP contribution in [0.25, 0.3) is 0 Å². The van der Waals surface area contributed by atoms with E-state index in [1.54, 1.807) is 19.2 Å². The van der Waals surface area contributed by atoms with Crippen molar-refractivity contribution in [2.24, 2.45) is 0 Å². The normalized spacial score (nSPS) is 11.4. The lowest BCUT2D eigenvalue weighted by Gasteiger charge is -2.18. The van der Waals surface area contributed by atoms with E-state index in [4.69, 9.17) is 14.7 Å². The lowest BCUT2D eigenvalue weighted by Crippen LogP contribution is -2.23. The fourth-order valence-corrected chi connectivity index (χ4v) is 1.49. The van der Waals surface area contributed by atoms with E-state index in [2.05, 4.69) is 5.48 Å². The summed E-state index contributed by atoms with van der Waals surface area (Å²) in [6.45, 7) is 0. The number of para-hydroxylation sites is 1. The fraction of sp³-hybridized carbons (Fsp3) is 0.417. The van der Waals surface area contributed by atoms with Crippen LogP contribution in [0.4, 0.5) is 0 Å². The third kappa shape index (κ3) is 4.42. The van der Waals surface area contributed by atoms with E-state index in [0.717, 1.165) is 5.56 Å². The van der Waals surface area contributed by atoms with E-state index >= 15 is 0 Å². The molecule has 0 saturated carbocycles. The molecule has 96 valence electrons. The van der Waals surface area contributed by atoms with Crippen LogP contribution < -0.4 is 10.2 Å². The molecule has 0 spiro atoms. The molecule has 2 N–H and O–H groups in total. The number of methoxy groups -OCH3 is 1. The Kier molecular flexibility index (Phi) is 6.93. The highest BCUT2D eigenvalue weighted by atomic mass is 16.6. The van der Waals surface area contributed by atoms with E-state index in [1.165, 1.54) is 7.11 Å². The maximum atomic E-state index is 10.7. The molecule has 0 radical (unpaired) electrons. The Hall–Kier alpha value is -1.59. The van der Waals surface area contributed by atoms with Gasteiger partial charge in [0.25, 0.3) is 0 Å². The zero-order valence-electron chi connectivity index (χ0n) is 9.27. The topological polar surface area (TPSA) is 67.8 Å². The number of hydrogen-bond donors (Lipinski definition) is 2. The van der Waals surface area contributed by atoms with Gasteiger partial charge >= 0.3 is 5.97 Å². The molecule has 0 aliphatic rings. The van der Waals surface area contributed by atoms with Crippen LogP contribution in [0.1, 0.15) is 25.5 Å². The van der Waals surface area contributed by atoms with Gasteiger partial charge in [-0.1, -0.05) is 25.6 Å². The number of carboxylic acid groups (broad SMARTS) is 1. The minimum Gasteiger partial charge on any atom is -0.496 e. The molecule has 5 heteroatoms. The van der Waals surface area contributed by atoms with Crippen LogP contribution >= 0.6 is 0 Å². The SMILES string of the molecule is C.CONC(CC(=O)O)c1ccccc1OC. The zero-order valence-corrected chi connectivity index (χ0v) is 9.27. The van der Waals surface area contributed by atoms with Gasteiger partial charge in [-0.2, -0.15) is 5.48 Å². The number of carbonyl (C=O) groups is 1. The second kappa shape index (κ2) is 7.65. The monoisotopic (exact) mass is 241 g/mol. The molecular formula is C12H19NO4. The molecule has 17 heavy (non-hydrogen) atoms. The first kappa shape index (κ1) is 15.4. The summed E-state index contributed by atoms with van der Waals surface area (Å²) >= 11 is 0. The number of nitrogens with one attached hydrogen (secondary N) is 1. The summed E-state index contributed by atoms with van der Waals surface area (Å²) in [5.41, 5.74) is 3.40. The van der Waals surface area contributed by atoms with Crippen LogP contribution in [0.2, 0.25) is 0 Å².